The Bertz CT molecular complexity index is 3640. The van der Waals surface area contributed by atoms with Crippen molar-refractivity contribution in [3.8, 4) is 62.1 Å². The quantitative estimate of drug-likeness (QED) is 0.169. The molecule has 0 radical (unpaired) electrons. The van der Waals surface area contributed by atoms with Gasteiger partial charge in [0, 0.05) is 33.0 Å². The van der Waals surface area contributed by atoms with Crippen LogP contribution >= 0.6 is 0 Å². The average Bonchev–Trinajstić information content (AvgIpc) is 3.66. The van der Waals surface area contributed by atoms with E-state index in [-0.39, 0.29) is 0 Å². The fourth-order valence-electron chi connectivity index (χ4n) is 9.07. The van der Waals surface area contributed by atoms with Crippen LogP contribution in [0, 0.1) is 0 Å². The van der Waals surface area contributed by atoms with Crippen molar-refractivity contribution in [2.75, 3.05) is 0 Å². The number of aromatic nitrogens is 4. The minimum absolute atomic E-state index is 0.616. The second-order valence-electron chi connectivity index (χ2n) is 15.6. The topological polar surface area (TPSA) is 43.6 Å². The van der Waals surface area contributed by atoms with E-state index in [1.54, 1.807) is 0 Å². The van der Waals surface area contributed by atoms with Gasteiger partial charge in [-0.3, -0.25) is 0 Å². The van der Waals surface area contributed by atoms with E-state index in [0.29, 0.717) is 17.5 Å². The lowest BCUT2D eigenvalue weighted by Crippen LogP contribution is -2.02. The van der Waals surface area contributed by atoms with Crippen molar-refractivity contribution in [3.05, 3.63) is 218 Å². The van der Waals surface area contributed by atoms with Crippen LogP contribution in [0.2, 0.25) is 0 Å². The number of rotatable bonds is 6. The molecule has 0 saturated carbocycles. The maximum absolute atomic E-state index is 5.29. The molecule has 2 heterocycles. The highest BCUT2D eigenvalue weighted by Crippen LogP contribution is 2.42. The van der Waals surface area contributed by atoms with Gasteiger partial charge >= 0.3 is 0 Å². The van der Waals surface area contributed by atoms with Gasteiger partial charge in [-0.05, 0) is 79.3 Å². The lowest BCUT2D eigenvalue weighted by atomic mass is 9.97. The van der Waals surface area contributed by atoms with Crippen LogP contribution in [0.3, 0.4) is 0 Å². The van der Waals surface area contributed by atoms with Gasteiger partial charge in [0.25, 0.3) is 0 Å². The number of para-hydroxylation sites is 1. The summed E-state index contributed by atoms with van der Waals surface area (Å²) in [6.45, 7) is 0. The summed E-state index contributed by atoms with van der Waals surface area (Å²) in [5.74, 6) is 1.86. The highest BCUT2D eigenvalue weighted by Gasteiger charge is 2.21. The molecule has 0 aliphatic heterocycles. The van der Waals surface area contributed by atoms with Gasteiger partial charge in [0.15, 0.2) is 17.5 Å². The molecule has 0 atom stereocenters. The Morgan fingerprint density at radius 3 is 1.59 bits per heavy atom. The van der Waals surface area contributed by atoms with E-state index < -0.39 is 0 Å². The summed E-state index contributed by atoms with van der Waals surface area (Å²) in [7, 11) is 0. The van der Waals surface area contributed by atoms with Crippen LogP contribution < -0.4 is 0 Å². The van der Waals surface area contributed by atoms with E-state index in [4.69, 9.17) is 15.0 Å². The van der Waals surface area contributed by atoms with Crippen LogP contribution in [0.25, 0.3) is 116 Å². The Balaban J connectivity index is 1.08. The Labute approximate surface area is 352 Å². The fourth-order valence-corrected chi connectivity index (χ4v) is 9.07. The summed E-state index contributed by atoms with van der Waals surface area (Å²) in [6.07, 6.45) is 0. The van der Waals surface area contributed by atoms with Crippen LogP contribution in [0.15, 0.2) is 218 Å². The highest BCUT2D eigenvalue weighted by molar-refractivity contribution is 6.23. The standard InChI is InChI=1S/C57H36N4/c1-2-14-37(15-3-1)39-26-29-41(30-27-39)55-58-56(45-31-28-38-16-4-5-18-42(38)34-45)60-57(59-55)49-24-11-10-22-47(49)48-23-12-13-25-51(48)61-52-33-32-40-17-8-9-21-46(40)54(52)50-35-43-19-6-7-20-44(43)36-53(50)61/h1-36H. The summed E-state index contributed by atoms with van der Waals surface area (Å²) in [5.41, 5.74) is 10.6. The molecule has 0 aliphatic rings. The van der Waals surface area contributed by atoms with Crippen LogP contribution in [0.5, 0.6) is 0 Å². The largest absolute Gasteiger partial charge is 0.309 e. The molecule has 12 aromatic rings. The summed E-state index contributed by atoms with van der Waals surface area (Å²) in [4.78, 5) is 15.7. The van der Waals surface area contributed by atoms with E-state index in [0.717, 1.165) is 55.5 Å². The Morgan fingerprint density at radius 1 is 0.279 bits per heavy atom. The number of benzene rings is 10. The Morgan fingerprint density at radius 2 is 0.803 bits per heavy atom. The summed E-state index contributed by atoms with van der Waals surface area (Å²) in [6, 6.07) is 77.6. The molecule has 61 heavy (non-hydrogen) atoms. The Hall–Kier alpha value is -8.21. The van der Waals surface area contributed by atoms with Crippen molar-refractivity contribution in [3.63, 3.8) is 0 Å². The third-order valence-electron chi connectivity index (χ3n) is 12.0. The second-order valence-corrected chi connectivity index (χ2v) is 15.6. The van der Waals surface area contributed by atoms with Crippen LogP contribution in [-0.4, -0.2) is 19.5 Å². The van der Waals surface area contributed by atoms with Crippen molar-refractivity contribution in [2.45, 2.75) is 0 Å². The number of hydrogen-bond acceptors (Lipinski definition) is 3. The zero-order valence-corrected chi connectivity index (χ0v) is 33.1. The van der Waals surface area contributed by atoms with E-state index in [1.807, 2.05) is 6.07 Å². The molecular formula is C57H36N4. The highest BCUT2D eigenvalue weighted by atomic mass is 15.0. The predicted molar refractivity (Wildman–Crippen MR) is 254 cm³/mol. The van der Waals surface area contributed by atoms with Crippen molar-refractivity contribution in [2.24, 2.45) is 0 Å². The van der Waals surface area contributed by atoms with Gasteiger partial charge in [-0.25, -0.2) is 15.0 Å². The van der Waals surface area contributed by atoms with Gasteiger partial charge in [-0.2, -0.15) is 0 Å². The van der Waals surface area contributed by atoms with E-state index in [2.05, 4.69) is 217 Å². The minimum atomic E-state index is 0.616. The molecule has 0 bridgehead atoms. The molecule has 2 aromatic heterocycles. The molecule has 284 valence electrons. The molecule has 0 fully saturated rings. The van der Waals surface area contributed by atoms with E-state index in [1.165, 1.54) is 43.3 Å². The molecular weight excluding hydrogens is 741 g/mol. The van der Waals surface area contributed by atoms with Crippen molar-refractivity contribution < 1.29 is 0 Å². The lowest BCUT2D eigenvalue weighted by Gasteiger charge is -2.17. The molecule has 12 rings (SSSR count). The molecule has 0 saturated heterocycles. The number of nitrogens with zero attached hydrogens (tertiary/aromatic N) is 4. The van der Waals surface area contributed by atoms with Crippen LogP contribution in [0.4, 0.5) is 0 Å². The van der Waals surface area contributed by atoms with Gasteiger partial charge in [-0.1, -0.05) is 188 Å². The first-order valence-electron chi connectivity index (χ1n) is 20.7. The van der Waals surface area contributed by atoms with Crippen LogP contribution in [-0.2, 0) is 0 Å². The molecule has 0 unspecified atom stereocenters. The zero-order chi connectivity index (χ0) is 40.3. The third kappa shape index (κ3) is 5.96. The van der Waals surface area contributed by atoms with Gasteiger partial charge in [0.1, 0.15) is 0 Å². The normalized spacial score (nSPS) is 11.6. The summed E-state index contributed by atoms with van der Waals surface area (Å²) >= 11 is 0. The SMILES string of the molecule is c1ccc(-c2ccc(-c3nc(-c4ccc5ccccc5c4)nc(-c4ccccc4-c4ccccc4-n4c5cc6ccccc6cc5c5c6ccccc6ccc54)n3)cc2)cc1. The first-order chi connectivity index (χ1) is 30.2. The first kappa shape index (κ1) is 34.8. The molecule has 4 heteroatoms. The lowest BCUT2D eigenvalue weighted by molar-refractivity contribution is 1.07. The Kier molecular flexibility index (Phi) is 8.13. The van der Waals surface area contributed by atoms with Gasteiger partial charge < -0.3 is 4.57 Å². The maximum Gasteiger partial charge on any atom is 0.164 e. The second kappa shape index (κ2) is 14.3. The van der Waals surface area contributed by atoms with Crippen molar-refractivity contribution >= 4 is 54.1 Å². The van der Waals surface area contributed by atoms with Gasteiger partial charge in [0.2, 0.25) is 0 Å². The van der Waals surface area contributed by atoms with Crippen LogP contribution in [0.1, 0.15) is 0 Å². The van der Waals surface area contributed by atoms with E-state index >= 15 is 0 Å². The summed E-state index contributed by atoms with van der Waals surface area (Å²) < 4.78 is 2.45. The maximum atomic E-state index is 5.29. The number of hydrogen-bond donors (Lipinski definition) is 0. The van der Waals surface area contributed by atoms with Crippen molar-refractivity contribution in [1.82, 2.24) is 19.5 Å². The first-order valence-corrected chi connectivity index (χ1v) is 20.7. The molecule has 0 spiro atoms. The summed E-state index contributed by atoms with van der Waals surface area (Å²) in [5, 5.41) is 9.69. The van der Waals surface area contributed by atoms with Gasteiger partial charge in [-0.15, -0.1) is 0 Å². The molecule has 0 aliphatic carbocycles. The van der Waals surface area contributed by atoms with Gasteiger partial charge in [0.05, 0.1) is 16.7 Å². The average molecular weight is 777 g/mol. The minimum Gasteiger partial charge on any atom is -0.309 e. The molecule has 10 aromatic carbocycles. The smallest absolute Gasteiger partial charge is 0.164 e. The fraction of sp³-hybridized carbons (Fsp3) is 0. The zero-order valence-electron chi connectivity index (χ0n) is 33.1. The molecule has 4 nitrogen and oxygen atoms in total. The predicted octanol–water partition coefficient (Wildman–Crippen LogP) is 14.8. The third-order valence-corrected chi connectivity index (χ3v) is 12.0. The molecule has 0 N–H and O–H groups in total. The number of fused-ring (bicyclic) bond motifs is 7. The van der Waals surface area contributed by atoms with Crippen molar-refractivity contribution in [1.29, 1.82) is 0 Å². The molecule has 0 amide bonds. The monoisotopic (exact) mass is 776 g/mol. The van der Waals surface area contributed by atoms with E-state index in [9.17, 15) is 0 Å².